The molecule has 0 aromatic carbocycles. The molecule has 3 heteroatoms. The van der Waals surface area contributed by atoms with E-state index in [-0.39, 0.29) is 0 Å². The first-order valence-corrected chi connectivity index (χ1v) is 5.53. The Morgan fingerprint density at radius 1 is 1.50 bits per heavy atom. The Hall–Kier alpha value is 0.230. The maximum absolute atomic E-state index is 3.97. The summed E-state index contributed by atoms with van der Waals surface area (Å²) in [5, 5.41) is 6.45. The summed E-state index contributed by atoms with van der Waals surface area (Å²) in [4.78, 5) is 0. The number of halogens is 1. The van der Waals surface area contributed by atoms with Gasteiger partial charge in [-0.3, -0.25) is 0 Å². The van der Waals surface area contributed by atoms with Gasteiger partial charge in [-0.2, -0.15) is 0 Å². The maximum atomic E-state index is 3.97. The van der Waals surface area contributed by atoms with Gasteiger partial charge in [0.2, 0.25) is 0 Å². The van der Waals surface area contributed by atoms with E-state index in [0.29, 0.717) is 9.97 Å². The predicted octanol–water partition coefficient (Wildman–Crippen LogP) is 2.12. The SMILES string of the molecule is C=C(CC(C)CNC)NC(C)I. The highest BCUT2D eigenvalue weighted by Crippen LogP contribution is 2.08. The molecule has 0 aromatic heterocycles. The van der Waals surface area contributed by atoms with Crippen molar-refractivity contribution in [2.24, 2.45) is 5.92 Å². The smallest absolute Gasteiger partial charge is 0.0750 e. The molecule has 0 fully saturated rings. The van der Waals surface area contributed by atoms with Gasteiger partial charge in [0.1, 0.15) is 0 Å². The minimum Gasteiger partial charge on any atom is -0.377 e. The van der Waals surface area contributed by atoms with E-state index in [4.69, 9.17) is 0 Å². The van der Waals surface area contributed by atoms with Crippen LogP contribution in [0.5, 0.6) is 0 Å². The van der Waals surface area contributed by atoms with Crippen molar-refractivity contribution in [3.63, 3.8) is 0 Å². The molecule has 0 rings (SSSR count). The van der Waals surface area contributed by atoms with Gasteiger partial charge in [0.15, 0.2) is 0 Å². The topological polar surface area (TPSA) is 24.1 Å². The lowest BCUT2D eigenvalue weighted by Gasteiger charge is -2.15. The average molecular weight is 282 g/mol. The summed E-state index contributed by atoms with van der Waals surface area (Å²) < 4.78 is 0.469. The summed E-state index contributed by atoms with van der Waals surface area (Å²) in [7, 11) is 1.98. The number of alkyl halides is 1. The van der Waals surface area contributed by atoms with Crippen LogP contribution in [0.25, 0.3) is 0 Å². The van der Waals surface area contributed by atoms with Crippen LogP contribution in [0.3, 0.4) is 0 Å². The zero-order valence-corrected chi connectivity index (χ0v) is 10.3. The minimum absolute atomic E-state index is 0.469. The van der Waals surface area contributed by atoms with Gasteiger partial charge in [-0.05, 0) is 32.9 Å². The second-order valence-electron chi connectivity index (χ2n) is 3.23. The van der Waals surface area contributed by atoms with E-state index < -0.39 is 0 Å². The quantitative estimate of drug-likeness (QED) is 0.443. The van der Waals surface area contributed by atoms with Crippen molar-refractivity contribution in [3.05, 3.63) is 12.3 Å². The highest BCUT2D eigenvalue weighted by molar-refractivity contribution is 14.1. The molecule has 2 unspecified atom stereocenters. The molecule has 0 bridgehead atoms. The molecule has 0 saturated carbocycles. The summed E-state index contributed by atoms with van der Waals surface area (Å²) in [6.45, 7) is 9.37. The molecule has 0 aliphatic rings. The normalized spacial score (nSPS) is 15.3. The van der Waals surface area contributed by atoms with Gasteiger partial charge in [0.25, 0.3) is 0 Å². The molecular formula is C9H19IN2. The molecule has 2 N–H and O–H groups in total. The Morgan fingerprint density at radius 3 is 2.50 bits per heavy atom. The van der Waals surface area contributed by atoms with Gasteiger partial charge in [0.05, 0.1) is 4.05 Å². The lowest BCUT2D eigenvalue weighted by molar-refractivity contribution is 0.523. The first-order valence-electron chi connectivity index (χ1n) is 4.29. The van der Waals surface area contributed by atoms with Crippen molar-refractivity contribution in [2.75, 3.05) is 13.6 Å². The third-order valence-corrected chi connectivity index (χ3v) is 1.86. The maximum Gasteiger partial charge on any atom is 0.0750 e. The van der Waals surface area contributed by atoms with Crippen LogP contribution in [0.4, 0.5) is 0 Å². The number of hydrogen-bond donors (Lipinski definition) is 2. The fourth-order valence-corrected chi connectivity index (χ4v) is 1.62. The van der Waals surface area contributed by atoms with Crippen molar-refractivity contribution in [3.8, 4) is 0 Å². The van der Waals surface area contributed by atoms with Gasteiger partial charge in [0, 0.05) is 5.70 Å². The molecule has 0 amide bonds. The Balaban J connectivity index is 3.54. The summed E-state index contributed by atoms with van der Waals surface area (Å²) >= 11 is 2.34. The highest BCUT2D eigenvalue weighted by atomic mass is 127. The van der Waals surface area contributed by atoms with Crippen molar-refractivity contribution in [1.82, 2.24) is 10.6 Å². The first kappa shape index (κ1) is 12.2. The zero-order chi connectivity index (χ0) is 9.56. The summed E-state index contributed by atoms with van der Waals surface area (Å²) in [5.74, 6) is 0.658. The standard InChI is InChI=1S/C9H19IN2/c1-7(6-11-4)5-8(2)12-9(3)10/h7,9,11-12H,2,5-6H2,1,3-4H3. The van der Waals surface area contributed by atoms with Gasteiger partial charge in [-0.1, -0.05) is 36.1 Å². The van der Waals surface area contributed by atoms with Gasteiger partial charge < -0.3 is 10.6 Å². The number of nitrogens with one attached hydrogen (secondary N) is 2. The molecule has 0 radical (unpaired) electrons. The lowest BCUT2D eigenvalue weighted by atomic mass is 10.1. The van der Waals surface area contributed by atoms with E-state index in [1.165, 1.54) is 0 Å². The fourth-order valence-electron chi connectivity index (χ4n) is 1.18. The molecule has 0 aromatic rings. The van der Waals surface area contributed by atoms with Crippen LogP contribution in [0.15, 0.2) is 12.3 Å². The second-order valence-corrected chi connectivity index (χ2v) is 5.10. The third-order valence-electron chi connectivity index (χ3n) is 1.55. The Bertz CT molecular complexity index is 134. The van der Waals surface area contributed by atoms with Crippen LogP contribution in [-0.2, 0) is 0 Å². The predicted molar refractivity (Wildman–Crippen MR) is 63.5 cm³/mol. The van der Waals surface area contributed by atoms with Crippen LogP contribution in [-0.4, -0.2) is 17.6 Å². The largest absolute Gasteiger partial charge is 0.377 e. The van der Waals surface area contributed by atoms with E-state index in [0.717, 1.165) is 18.7 Å². The van der Waals surface area contributed by atoms with E-state index in [1.54, 1.807) is 0 Å². The summed E-state index contributed by atoms with van der Waals surface area (Å²) in [6, 6.07) is 0. The van der Waals surface area contributed by atoms with Gasteiger partial charge in [-0.15, -0.1) is 0 Å². The van der Waals surface area contributed by atoms with E-state index >= 15 is 0 Å². The molecule has 0 saturated heterocycles. The number of hydrogen-bond acceptors (Lipinski definition) is 2. The van der Waals surface area contributed by atoms with Crippen LogP contribution in [0, 0.1) is 5.92 Å². The number of allylic oxidation sites excluding steroid dienone is 1. The van der Waals surface area contributed by atoms with Crippen molar-refractivity contribution >= 4 is 22.6 Å². The lowest BCUT2D eigenvalue weighted by Crippen LogP contribution is -2.23. The van der Waals surface area contributed by atoms with E-state index in [2.05, 4.69) is 53.7 Å². The molecule has 0 spiro atoms. The molecule has 0 aliphatic carbocycles. The van der Waals surface area contributed by atoms with Crippen molar-refractivity contribution in [1.29, 1.82) is 0 Å². The first-order chi connectivity index (χ1) is 5.56. The minimum atomic E-state index is 0.469. The monoisotopic (exact) mass is 282 g/mol. The van der Waals surface area contributed by atoms with Crippen molar-refractivity contribution < 1.29 is 0 Å². The molecule has 2 nitrogen and oxygen atoms in total. The molecule has 12 heavy (non-hydrogen) atoms. The molecule has 0 aliphatic heterocycles. The average Bonchev–Trinajstić information content (AvgIpc) is 1.84. The Kier molecular flexibility index (Phi) is 6.84. The molecule has 72 valence electrons. The Morgan fingerprint density at radius 2 is 2.08 bits per heavy atom. The Labute approximate surface area is 89.3 Å². The van der Waals surface area contributed by atoms with Crippen molar-refractivity contribution in [2.45, 2.75) is 24.3 Å². The van der Waals surface area contributed by atoms with Crippen LogP contribution in [0.2, 0.25) is 0 Å². The molecule has 2 atom stereocenters. The molecular weight excluding hydrogens is 263 g/mol. The molecule has 0 heterocycles. The highest BCUT2D eigenvalue weighted by Gasteiger charge is 2.04. The van der Waals surface area contributed by atoms with Crippen LogP contribution in [0.1, 0.15) is 20.3 Å². The van der Waals surface area contributed by atoms with Crippen LogP contribution >= 0.6 is 22.6 Å². The van der Waals surface area contributed by atoms with E-state index in [1.807, 2.05) is 7.05 Å². The van der Waals surface area contributed by atoms with Gasteiger partial charge in [-0.25, -0.2) is 0 Å². The van der Waals surface area contributed by atoms with Gasteiger partial charge >= 0.3 is 0 Å². The van der Waals surface area contributed by atoms with Crippen LogP contribution < -0.4 is 10.6 Å². The third kappa shape index (κ3) is 6.91. The summed E-state index contributed by atoms with van der Waals surface area (Å²) in [6.07, 6.45) is 1.05. The fraction of sp³-hybridized carbons (Fsp3) is 0.778. The summed E-state index contributed by atoms with van der Waals surface area (Å²) in [5.41, 5.74) is 1.14. The van der Waals surface area contributed by atoms with E-state index in [9.17, 15) is 0 Å². The second kappa shape index (κ2) is 6.71. The zero-order valence-electron chi connectivity index (χ0n) is 8.15. The number of rotatable bonds is 6.